The Balaban J connectivity index is 1.72. The van der Waals surface area contributed by atoms with Gasteiger partial charge in [-0.1, -0.05) is 79.9 Å². The van der Waals surface area contributed by atoms with Gasteiger partial charge in [0.15, 0.2) is 0 Å². The summed E-state index contributed by atoms with van der Waals surface area (Å²) in [6.07, 6.45) is 6.58. The van der Waals surface area contributed by atoms with Crippen molar-refractivity contribution in [2.45, 2.75) is 62.8 Å². The Morgan fingerprint density at radius 1 is 0.833 bits per heavy atom. The Kier molecular flexibility index (Phi) is 4.19. The molecule has 1 aliphatic carbocycles. The highest BCUT2D eigenvalue weighted by Crippen LogP contribution is 2.49. The highest BCUT2D eigenvalue weighted by molar-refractivity contribution is 5.41. The molecule has 1 aliphatic heterocycles. The molecule has 1 unspecified atom stereocenters. The van der Waals surface area contributed by atoms with E-state index in [-0.39, 0.29) is 6.04 Å². The van der Waals surface area contributed by atoms with Crippen LogP contribution in [0.15, 0.2) is 60.7 Å². The van der Waals surface area contributed by atoms with E-state index in [9.17, 15) is 5.11 Å². The van der Waals surface area contributed by atoms with E-state index in [0.717, 1.165) is 11.1 Å². The van der Waals surface area contributed by atoms with Crippen molar-refractivity contribution in [3.8, 4) is 0 Å². The summed E-state index contributed by atoms with van der Waals surface area (Å²) in [7, 11) is 0. The van der Waals surface area contributed by atoms with Crippen LogP contribution in [0.3, 0.4) is 0 Å². The largest absolute Gasteiger partial charge is 0.379 e. The van der Waals surface area contributed by atoms with E-state index in [1.807, 2.05) is 36.4 Å². The lowest BCUT2D eigenvalue weighted by molar-refractivity contribution is 0.0563. The number of hydrogen-bond donors (Lipinski definition) is 1. The summed E-state index contributed by atoms with van der Waals surface area (Å²) in [5.74, 6) is 0. The minimum absolute atomic E-state index is 0.172. The summed E-state index contributed by atoms with van der Waals surface area (Å²) in [5, 5.41) is 11.9. The van der Waals surface area contributed by atoms with E-state index in [2.05, 4.69) is 36.1 Å². The van der Waals surface area contributed by atoms with Gasteiger partial charge >= 0.3 is 0 Å². The first kappa shape index (κ1) is 15.9. The van der Waals surface area contributed by atoms with Crippen LogP contribution in [0.1, 0.15) is 50.2 Å². The zero-order valence-electron chi connectivity index (χ0n) is 14.4. The number of aliphatic hydroxyl groups is 1. The molecule has 2 fully saturated rings. The highest BCUT2D eigenvalue weighted by atomic mass is 16.3. The van der Waals surface area contributed by atoms with Crippen molar-refractivity contribution in [3.63, 3.8) is 0 Å². The molecule has 1 saturated heterocycles. The van der Waals surface area contributed by atoms with Gasteiger partial charge in [-0.3, -0.25) is 4.90 Å². The lowest BCUT2D eigenvalue weighted by atomic mass is 9.82. The summed E-state index contributed by atoms with van der Waals surface area (Å²) < 4.78 is 0. The lowest BCUT2D eigenvalue weighted by Gasteiger charge is -2.32. The molecule has 1 heterocycles. The molecular weight excluding hydrogens is 294 g/mol. The Labute approximate surface area is 145 Å². The van der Waals surface area contributed by atoms with Gasteiger partial charge < -0.3 is 5.11 Å². The molecule has 0 spiro atoms. The number of nitrogens with zero attached hydrogens (tertiary/aromatic N) is 1. The van der Waals surface area contributed by atoms with Crippen LogP contribution in [-0.2, 0) is 5.60 Å². The smallest absolute Gasteiger partial charge is 0.132 e. The normalized spacial score (nSPS) is 27.8. The Bertz CT molecular complexity index is 623. The van der Waals surface area contributed by atoms with Gasteiger partial charge in [-0.05, 0) is 30.9 Å². The minimum atomic E-state index is -0.931. The van der Waals surface area contributed by atoms with Gasteiger partial charge in [0, 0.05) is 12.1 Å². The molecule has 4 rings (SSSR count). The van der Waals surface area contributed by atoms with E-state index in [1.165, 1.54) is 32.1 Å². The minimum Gasteiger partial charge on any atom is -0.379 e. The van der Waals surface area contributed by atoms with Gasteiger partial charge in [0.05, 0.1) is 6.04 Å². The van der Waals surface area contributed by atoms with E-state index >= 15 is 0 Å². The van der Waals surface area contributed by atoms with Crippen LogP contribution < -0.4 is 0 Å². The quantitative estimate of drug-likeness (QED) is 0.847. The van der Waals surface area contributed by atoms with Crippen molar-refractivity contribution in [1.29, 1.82) is 0 Å². The SMILES string of the molecule is C[C@H]1[C@H](C(O)(c2ccccc2)c2ccccc2)N1C1CCCCC1. The van der Waals surface area contributed by atoms with Crippen molar-refractivity contribution in [2.75, 3.05) is 0 Å². The first-order valence-electron chi connectivity index (χ1n) is 9.34. The fourth-order valence-corrected chi connectivity index (χ4v) is 4.77. The Morgan fingerprint density at radius 2 is 1.33 bits per heavy atom. The first-order chi connectivity index (χ1) is 11.7. The van der Waals surface area contributed by atoms with Crippen LogP contribution in [-0.4, -0.2) is 28.1 Å². The maximum Gasteiger partial charge on any atom is 0.132 e. The van der Waals surface area contributed by atoms with Crippen LogP contribution >= 0.6 is 0 Å². The number of benzene rings is 2. The molecule has 2 aliphatic rings. The fraction of sp³-hybridized carbons (Fsp3) is 0.455. The third-order valence-electron chi connectivity index (χ3n) is 6.01. The van der Waals surface area contributed by atoms with Gasteiger partial charge in [0.25, 0.3) is 0 Å². The van der Waals surface area contributed by atoms with E-state index in [4.69, 9.17) is 0 Å². The molecule has 1 N–H and O–H groups in total. The molecule has 1 saturated carbocycles. The van der Waals surface area contributed by atoms with E-state index in [0.29, 0.717) is 12.1 Å². The van der Waals surface area contributed by atoms with Gasteiger partial charge in [-0.15, -0.1) is 0 Å². The summed E-state index contributed by atoms with van der Waals surface area (Å²) in [6.45, 7) is 2.27. The van der Waals surface area contributed by atoms with Crippen LogP contribution in [0.5, 0.6) is 0 Å². The summed E-state index contributed by atoms with van der Waals surface area (Å²) in [5.41, 5.74) is 1.08. The average molecular weight is 321 g/mol. The molecular formula is C22H27NO. The lowest BCUT2D eigenvalue weighted by Crippen LogP contribution is -2.38. The first-order valence-corrected chi connectivity index (χ1v) is 9.34. The molecule has 0 bridgehead atoms. The van der Waals surface area contributed by atoms with Crippen LogP contribution in [0.2, 0.25) is 0 Å². The third kappa shape index (κ3) is 2.58. The monoisotopic (exact) mass is 321 g/mol. The van der Waals surface area contributed by atoms with Gasteiger partial charge in [-0.2, -0.15) is 0 Å². The van der Waals surface area contributed by atoms with Crippen molar-refractivity contribution < 1.29 is 5.11 Å². The van der Waals surface area contributed by atoms with Crippen LogP contribution in [0.25, 0.3) is 0 Å². The molecule has 0 amide bonds. The number of rotatable bonds is 4. The maximum absolute atomic E-state index is 11.9. The molecule has 2 heteroatoms. The average Bonchev–Trinajstić information content (AvgIpc) is 3.35. The molecule has 126 valence electrons. The van der Waals surface area contributed by atoms with Gasteiger partial charge in [0.1, 0.15) is 5.60 Å². The van der Waals surface area contributed by atoms with Crippen molar-refractivity contribution in [3.05, 3.63) is 71.8 Å². The van der Waals surface area contributed by atoms with Crippen LogP contribution in [0.4, 0.5) is 0 Å². The summed E-state index contributed by atoms with van der Waals surface area (Å²) >= 11 is 0. The van der Waals surface area contributed by atoms with Gasteiger partial charge in [0.2, 0.25) is 0 Å². The van der Waals surface area contributed by atoms with Crippen molar-refractivity contribution in [1.82, 2.24) is 4.90 Å². The Morgan fingerprint density at radius 3 is 1.83 bits per heavy atom. The molecule has 2 aromatic carbocycles. The second kappa shape index (κ2) is 6.34. The molecule has 2 nitrogen and oxygen atoms in total. The standard InChI is InChI=1S/C22H27NO/c1-17-21(23(17)20-15-9-4-10-16-20)22(24,18-11-5-2-6-12-18)19-13-7-3-8-14-19/h2-3,5-8,11-14,17,20-21,24H,4,9-10,15-16H2,1H3/t17-,21+,23?/m0/s1. The molecule has 0 radical (unpaired) electrons. The fourth-order valence-electron chi connectivity index (χ4n) is 4.77. The summed E-state index contributed by atoms with van der Waals surface area (Å²) in [6, 6.07) is 21.7. The van der Waals surface area contributed by atoms with Crippen molar-refractivity contribution >= 4 is 0 Å². The Hall–Kier alpha value is -1.64. The predicted octanol–water partition coefficient (Wildman–Crippen LogP) is 4.33. The van der Waals surface area contributed by atoms with E-state index < -0.39 is 5.60 Å². The zero-order chi connectivity index (χ0) is 16.6. The molecule has 0 aromatic heterocycles. The summed E-state index contributed by atoms with van der Waals surface area (Å²) in [4.78, 5) is 2.57. The molecule has 2 aromatic rings. The van der Waals surface area contributed by atoms with Crippen molar-refractivity contribution in [2.24, 2.45) is 0 Å². The topological polar surface area (TPSA) is 23.2 Å². The molecule has 24 heavy (non-hydrogen) atoms. The second-order valence-corrected chi connectivity index (χ2v) is 7.42. The zero-order valence-corrected chi connectivity index (χ0v) is 14.4. The predicted molar refractivity (Wildman–Crippen MR) is 97.8 cm³/mol. The van der Waals surface area contributed by atoms with Crippen LogP contribution in [0, 0.1) is 0 Å². The van der Waals surface area contributed by atoms with E-state index in [1.54, 1.807) is 0 Å². The second-order valence-electron chi connectivity index (χ2n) is 7.42. The maximum atomic E-state index is 11.9. The number of hydrogen-bond acceptors (Lipinski definition) is 2. The van der Waals surface area contributed by atoms with Gasteiger partial charge in [-0.25, -0.2) is 0 Å². The highest BCUT2D eigenvalue weighted by Gasteiger charge is 2.60. The third-order valence-corrected chi connectivity index (χ3v) is 6.01. The molecule has 3 atom stereocenters.